The van der Waals surface area contributed by atoms with E-state index >= 15 is 0 Å². The zero-order chi connectivity index (χ0) is 6.15. The molecule has 0 aliphatic carbocycles. The quantitative estimate of drug-likeness (QED) is 0.476. The lowest BCUT2D eigenvalue weighted by molar-refractivity contribution is 0.401. The van der Waals surface area contributed by atoms with Gasteiger partial charge in [-0.25, -0.2) is 0 Å². The van der Waals surface area contributed by atoms with Gasteiger partial charge in [0.2, 0.25) is 0 Å². The van der Waals surface area contributed by atoms with Gasteiger partial charge in [0.05, 0.1) is 0 Å². The van der Waals surface area contributed by atoms with E-state index in [0.29, 0.717) is 12.0 Å². The Morgan fingerprint density at radius 2 is 2.12 bits per heavy atom. The Kier molecular flexibility index (Phi) is 1.54. The van der Waals surface area contributed by atoms with Crippen molar-refractivity contribution in [3.05, 3.63) is 0 Å². The number of hydrogen-bond donors (Lipinski definition) is 1. The highest BCUT2D eigenvalue weighted by molar-refractivity contribution is 4.81. The molecule has 0 aromatic carbocycles. The van der Waals surface area contributed by atoms with Crippen LogP contribution < -0.4 is 5.73 Å². The summed E-state index contributed by atoms with van der Waals surface area (Å²) in [6.07, 6.45) is 0. The van der Waals surface area contributed by atoms with E-state index in [-0.39, 0.29) is 0 Å². The smallest absolute Gasteiger partial charge is 0.0206 e. The van der Waals surface area contributed by atoms with Gasteiger partial charge >= 0.3 is 0 Å². The number of hydrogen-bond acceptors (Lipinski definition) is 2. The van der Waals surface area contributed by atoms with Crippen LogP contribution in [-0.4, -0.2) is 31.1 Å². The number of rotatable bonds is 0. The van der Waals surface area contributed by atoms with Crippen molar-refractivity contribution in [2.45, 2.75) is 13.0 Å². The zero-order valence-corrected chi connectivity index (χ0v) is 5.59. The highest BCUT2D eigenvalue weighted by Crippen LogP contribution is 2.10. The van der Waals surface area contributed by atoms with Gasteiger partial charge in [-0.15, -0.1) is 0 Å². The Morgan fingerprint density at radius 1 is 1.50 bits per heavy atom. The molecular weight excluding hydrogens is 100 g/mol. The molecule has 0 bridgehead atoms. The van der Waals surface area contributed by atoms with Gasteiger partial charge in [-0.1, -0.05) is 6.92 Å². The molecule has 1 saturated heterocycles. The summed E-state index contributed by atoms with van der Waals surface area (Å²) in [7, 11) is 2.11. The Labute approximate surface area is 50.7 Å². The molecule has 2 heteroatoms. The van der Waals surface area contributed by atoms with Crippen LogP contribution in [0.2, 0.25) is 0 Å². The Morgan fingerprint density at radius 3 is 2.25 bits per heavy atom. The largest absolute Gasteiger partial charge is 0.326 e. The molecule has 0 radical (unpaired) electrons. The third-order valence-corrected chi connectivity index (χ3v) is 1.85. The predicted molar refractivity (Wildman–Crippen MR) is 34.6 cm³/mol. The second kappa shape index (κ2) is 2.03. The monoisotopic (exact) mass is 114 g/mol. The van der Waals surface area contributed by atoms with Crippen molar-refractivity contribution in [1.29, 1.82) is 0 Å². The summed E-state index contributed by atoms with van der Waals surface area (Å²) >= 11 is 0. The molecule has 0 saturated carbocycles. The molecule has 48 valence electrons. The van der Waals surface area contributed by atoms with Crippen molar-refractivity contribution in [2.75, 3.05) is 20.1 Å². The van der Waals surface area contributed by atoms with E-state index in [1.54, 1.807) is 0 Å². The topological polar surface area (TPSA) is 29.3 Å². The fraction of sp³-hybridized carbons (Fsp3) is 1.00. The lowest BCUT2D eigenvalue weighted by Crippen LogP contribution is -2.27. The second-order valence-corrected chi connectivity index (χ2v) is 2.86. The van der Waals surface area contributed by atoms with E-state index < -0.39 is 0 Å². The predicted octanol–water partition coefficient (Wildman–Crippen LogP) is -0.105. The van der Waals surface area contributed by atoms with E-state index in [9.17, 15) is 0 Å². The molecular formula is C6H14N2. The molecule has 8 heavy (non-hydrogen) atoms. The van der Waals surface area contributed by atoms with Crippen LogP contribution in [0.15, 0.2) is 0 Å². The molecule has 2 atom stereocenters. The van der Waals surface area contributed by atoms with Crippen molar-refractivity contribution >= 4 is 0 Å². The molecule has 0 amide bonds. The van der Waals surface area contributed by atoms with Gasteiger partial charge in [0.15, 0.2) is 0 Å². The lowest BCUT2D eigenvalue weighted by atomic mass is 10.1. The first kappa shape index (κ1) is 6.05. The average Bonchev–Trinajstić information content (AvgIpc) is 1.85. The highest BCUT2D eigenvalue weighted by atomic mass is 15.1. The number of likely N-dealkylation sites (tertiary alicyclic amines) is 1. The fourth-order valence-corrected chi connectivity index (χ4v) is 1.24. The van der Waals surface area contributed by atoms with Crippen LogP contribution in [-0.2, 0) is 0 Å². The molecule has 0 spiro atoms. The van der Waals surface area contributed by atoms with Crippen molar-refractivity contribution in [2.24, 2.45) is 11.7 Å². The van der Waals surface area contributed by atoms with Gasteiger partial charge in [-0.05, 0) is 13.0 Å². The van der Waals surface area contributed by atoms with Crippen LogP contribution in [0.3, 0.4) is 0 Å². The Balaban J connectivity index is 2.39. The first-order valence-corrected chi connectivity index (χ1v) is 3.14. The minimum Gasteiger partial charge on any atom is -0.326 e. The first-order chi connectivity index (χ1) is 3.70. The van der Waals surface area contributed by atoms with E-state index in [1.165, 1.54) is 6.54 Å². The number of likely N-dealkylation sites (N-methyl/N-ethyl adjacent to an activating group) is 1. The summed E-state index contributed by atoms with van der Waals surface area (Å²) in [6.45, 7) is 4.44. The van der Waals surface area contributed by atoms with E-state index in [4.69, 9.17) is 5.73 Å². The molecule has 1 heterocycles. The summed E-state index contributed by atoms with van der Waals surface area (Å²) < 4.78 is 0. The fourth-order valence-electron chi connectivity index (χ4n) is 1.24. The van der Waals surface area contributed by atoms with Gasteiger partial charge < -0.3 is 10.6 Å². The maximum absolute atomic E-state index is 5.73. The number of nitrogens with zero attached hydrogens (tertiary/aromatic N) is 1. The zero-order valence-electron chi connectivity index (χ0n) is 5.59. The van der Waals surface area contributed by atoms with Gasteiger partial charge in [0.1, 0.15) is 0 Å². The van der Waals surface area contributed by atoms with Gasteiger partial charge in [0.25, 0.3) is 0 Å². The van der Waals surface area contributed by atoms with E-state index in [0.717, 1.165) is 6.54 Å². The average molecular weight is 114 g/mol. The van der Waals surface area contributed by atoms with Crippen molar-refractivity contribution in [1.82, 2.24) is 4.90 Å². The third kappa shape index (κ3) is 1.01. The van der Waals surface area contributed by atoms with Crippen molar-refractivity contribution in [3.63, 3.8) is 0 Å². The van der Waals surface area contributed by atoms with Crippen molar-refractivity contribution in [3.8, 4) is 0 Å². The van der Waals surface area contributed by atoms with Gasteiger partial charge in [-0.3, -0.25) is 0 Å². The number of nitrogens with two attached hydrogens (primary N) is 1. The minimum atomic E-state index is 0.417. The molecule has 1 aliphatic heterocycles. The second-order valence-electron chi connectivity index (χ2n) is 2.86. The van der Waals surface area contributed by atoms with Gasteiger partial charge in [0, 0.05) is 19.1 Å². The van der Waals surface area contributed by atoms with Gasteiger partial charge in [-0.2, -0.15) is 0 Å². The Bertz CT molecular complexity index is 72.6. The first-order valence-electron chi connectivity index (χ1n) is 3.14. The molecule has 2 N–H and O–H groups in total. The third-order valence-electron chi connectivity index (χ3n) is 1.85. The lowest BCUT2D eigenvalue weighted by Gasteiger charge is -2.03. The highest BCUT2D eigenvalue weighted by Gasteiger charge is 2.22. The van der Waals surface area contributed by atoms with Crippen LogP contribution in [0.25, 0.3) is 0 Å². The summed E-state index contributed by atoms with van der Waals surface area (Å²) in [5.41, 5.74) is 5.73. The molecule has 0 aromatic rings. The summed E-state index contributed by atoms with van der Waals surface area (Å²) in [4.78, 5) is 2.27. The standard InChI is InChI=1S/C6H14N2/c1-5-3-8(2)4-6(5)7/h5-6H,3-4,7H2,1-2H3/t5-,6?/m0/s1. The van der Waals surface area contributed by atoms with Crippen LogP contribution in [0, 0.1) is 5.92 Å². The maximum atomic E-state index is 5.73. The maximum Gasteiger partial charge on any atom is 0.0206 e. The molecule has 1 aliphatic rings. The molecule has 2 nitrogen and oxygen atoms in total. The SMILES string of the molecule is C[C@H]1CN(C)CC1N. The molecule has 1 rings (SSSR count). The minimum absolute atomic E-state index is 0.417. The molecule has 1 unspecified atom stereocenters. The van der Waals surface area contributed by atoms with Crippen molar-refractivity contribution < 1.29 is 0 Å². The van der Waals surface area contributed by atoms with Crippen LogP contribution >= 0.6 is 0 Å². The normalized spacial score (nSPS) is 40.9. The van der Waals surface area contributed by atoms with Crippen LogP contribution in [0.4, 0.5) is 0 Å². The summed E-state index contributed by atoms with van der Waals surface area (Å²) in [5.74, 6) is 0.694. The van der Waals surface area contributed by atoms with Crippen LogP contribution in [0.1, 0.15) is 6.92 Å². The van der Waals surface area contributed by atoms with E-state index in [2.05, 4.69) is 18.9 Å². The van der Waals surface area contributed by atoms with Crippen LogP contribution in [0.5, 0.6) is 0 Å². The summed E-state index contributed by atoms with van der Waals surface area (Å²) in [5, 5.41) is 0. The van der Waals surface area contributed by atoms with E-state index in [1.807, 2.05) is 0 Å². The molecule has 1 fully saturated rings. The summed E-state index contributed by atoms with van der Waals surface area (Å²) in [6, 6.07) is 0.417. The Hall–Kier alpha value is -0.0800. The molecule has 0 aromatic heterocycles.